The second-order valence-corrected chi connectivity index (χ2v) is 25.7. The van der Waals surface area contributed by atoms with Crippen molar-refractivity contribution >= 4 is 11.9 Å². The van der Waals surface area contributed by atoms with Crippen LogP contribution in [0.5, 0.6) is 0 Å². The zero-order valence-electron chi connectivity index (χ0n) is 59.8. The van der Waals surface area contributed by atoms with Crippen molar-refractivity contribution in [3.05, 3.63) is 146 Å². The number of carbonyl (C=O) groups is 2. The van der Waals surface area contributed by atoms with Gasteiger partial charge in [-0.2, -0.15) is 0 Å². The number of hydrogen-bond acceptors (Lipinski definition) is 5. The van der Waals surface area contributed by atoms with E-state index in [1.807, 2.05) is 0 Å². The summed E-state index contributed by atoms with van der Waals surface area (Å²) in [5.41, 5.74) is 0. The van der Waals surface area contributed by atoms with Gasteiger partial charge in [0.25, 0.3) is 0 Å². The van der Waals surface area contributed by atoms with Gasteiger partial charge in [0.15, 0.2) is 6.10 Å². The van der Waals surface area contributed by atoms with Crippen molar-refractivity contribution in [1.82, 2.24) is 0 Å². The van der Waals surface area contributed by atoms with Gasteiger partial charge in [0.1, 0.15) is 6.61 Å². The van der Waals surface area contributed by atoms with E-state index >= 15 is 0 Å². The molecule has 0 aliphatic heterocycles. The fourth-order valence-electron chi connectivity index (χ4n) is 11.1. The minimum Gasteiger partial charge on any atom is -0.462 e. The van der Waals surface area contributed by atoms with E-state index < -0.39 is 6.10 Å². The van der Waals surface area contributed by atoms with E-state index in [0.29, 0.717) is 12.8 Å². The standard InChI is InChI=1S/C86H146O5/c1-3-5-7-9-11-13-15-17-19-21-23-25-27-29-31-33-35-37-39-41-42-43-44-45-47-49-51-53-55-57-59-61-63-65-67-69-71-73-75-77-79-81-86(89)91-84(82-87)83-90-85(88)80-78-76-74-72-70-68-66-64-62-60-58-56-54-52-50-48-46-40-38-36-34-32-30-28-26-24-22-20-18-16-14-12-10-8-6-4-2/h5,7,11,13,17,19,23,25,29,31,35,37,41-42,44-45,49,51,55,57,61,63,67,69,84,87H,3-4,6,8-10,12,14-16,18,20-22,24,26-28,30,32-34,36,38-40,43,46-48,50,52-54,56,58-60,62,64-66,68,70-83H2,1-2H3/b7-5-,13-11-,19-17-,25-23-,31-29-,37-35-,42-41-,45-44-,51-49-,57-55-,63-61-,69-67-. The number of esters is 2. The predicted molar refractivity (Wildman–Crippen MR) is 403 cm³/mol. The molecule has 1 N–H and O–H groups in total. The Balaban J connectivity index is 3.54. The molecule has 5 nitrogen and oxygen atoms in total. The largest absolute Gasteiger partial charge is 0.462 e. The molecule has 0 heterocycles. The normalized spacial score (nSPS) is 13.0. The molecule has 0 radical (unpaired) electrons. The number of ether oxygens (including phenoxy) is 2. The first-order chi connectivity index (χ1) is 45.1. The topological polar surface area (TPSA) is 72.8 Å². The van der Waals surface area contributed by atoms with E-state index in [0.717, 1.165) is 128 Å². The molecular weight excluding hydrogens is 1110 g/mol. The first-order valence-electron chi connectivity index (χ1n) is 38.9. The molecular formula is C86H146O5. The van der Waals surface area contributed by atoms with Crippen LogP contribution in [-0.4, -0.2) is 36.4 Å². The fraction of sp³-hybridized carbons (Fsp3) is 0.698. The highest BCUT2D eigenvalue weighted by molar-refractivity contribution is 5.70. The average Bonchev–Trinajstić information content (AvgIpc) is 3.68. The van der Waals surface area contributed by atoms with Gasteiger partial charge < -0.3 is 14.6 Å². The highest BCUT2D eigenvalue weighted by atomic mass is 16.6. The fourth-order valence-corrected chi connectivity index (χ4v) is 11.1. The average molecular weight is 1260 g/mol. The summed E-state index contributed by atoms with van der Waals surface area (Å²) >= 11 is 0. The Kier molecular flexibility index (Phi) is 76.3. The number of hydrogen-bond donors (Lipinski definition) is 1. The van der Waals surface area contributed by atoms with Crippen LogP contribution in [0.3, 0.4) is 0 Å². The lowest BCUT2D eigenvalue weighted by molar-refractivity contribution is -0.161. The summed E-state index contributed by atoms with van der Waals surface area (Å²) in [4.78, 5) is 24.7. The van der Waals surface area contributed by atoms with Gasteiger partial charge in [-0.3, -0.25) is 9.59 Å². The van der Waals surface area contributed by atoms with E-state index in [2.05, 4.69) is 160 Å². The first kappa shape index (κ1) is 86.8. The van der Waals surface area contributed by atoms with Crippen molar-refractivity contribution in [2.75, 3.05) is 13.2 Å². The Morgan fingerprint density at radius 2 is 0.473 bits per heavy atom. The number of allylic oxidation sites excluding steroid dienone is 24. The first-order valence-corrected chi connectivity index (χ1v) is 38.9. The van der Waals surface area contributed by atoms with Crippen LogP contribution in [0.15, 0.2) is 146 Å². The van der Waals surface area contributed by atoms with Crippen molar-refractivity contribution in [2.24, 2.45) is 0 Å². The molecule has 0 saturated heterocycles. The van der Waals surface area contributed by atoms with Crippen molar-refractivity contribution in [3.63, 3.8) is 0 Å². The third kappa shape index (κ3) is 78.1. The van der Waals surface area contributed by atoms with Crippen LogP contribution in [0, 0.1) is 0 Å². The minimum atomic E-state index is -0.796. The summed E-state index contributed by atoms with van der Waals surface area (Å²) in [6.45, 7) is 4.04. The Morgan fingerprint density at radius 1 is 0.264 bits per heavy atom. The second kappa shape index (κ2) is 80.0. The quantitative estimate of drug-likeness (QED) is 0.0373. The van der Waals surface area contributed by atoms with Crippen LogP contribution in [0.25, 0.3) is 0 Å². The third-order valence-corrected chi connectivity index (χ3v) is 16.9. The highest BCUT2D eigenvalue weighted by Crippen LogP contribution is 2.19. The molecule has 1 atom stereocenters. The van der Waals surface area contributed by atoms with Gasteiger partial charge in [0.2, 0.25) is 0 Å². The van der Waals surface area contributed by atoms with Gasteiger partial charge in [0.05, 0.1) is 6.61 Å². The van der Waals surface area contributed by atoms with Crippen molar-refractivity contribution in [1.29, 1.82) is 0 Å². The van der Waals surface area contributed by atoms with Crippen LogP contribution in [-0.2, 0) is 19.1 Å². The van der Waals surface area contributed by atoms with Crippen molar-refractivity contribution in [3.8, 4) is 0 Å². The van der Waals surface area contributed by atoms with E-state index in [9.17, 15) is 14.7 Å². The third-order valence-electron chi connectivity index (χ3n) is 16.9. The van der Waals surface area contributed by atoms with Crippen LogP contribution in [0.4, 0.5) is 0 Å². The number of aliphatic hydroxyl groups is 1. The summed E-state index contributed by atoms with van der Waals surface area (Å²) in [6.07, 6.45) is 121. The zero-order chi connectivity index (χ0) is 65.4. The summed E-state index contributed by atoms with van der Waals surface area (Å²) < 4.78 is 10.8. The number of aliphatic hydroxyl groups excluding tert-OH is 1. The van der Waals surface area contributed by atoms with E-state index in [-0.39, 0.29) is 25.2 Å². The molecule has 520 valence electrons. The van der Waals surface area contributed by atoms with Crippen LogP contribution >= 0.6 is 0 Å². The maximum absolute atomic E-state index is 12.4. The van der Waals surface area contributed by atoms with Crippen LogP contribution in [0.2, 0.25) is 0 Å². The van der Waals surface area contributed by atoms with Gasteiger partial charge in [-0.15, -0.1) is 0 Å². The maximum Gasteiger partial charge on any atom is 0.306 e. The molecule has 0 aliphatic rings. The Bertz CT molecular complexity index is 1870. The second-order valence-electron chi connectivity index (χ2n) is 25.7. The lowest BCUT2D eigenvalue weighted by Crippen LogP contribution is -2.28. The van der Waals surface area contributed by atoms with Crippen molar-refractivity contribution < 1.29 is 24.2 Å². The summed E-state index contributed by atoms with van der Waals surface area (Å²) in [5.74, 6) is -0.614. The molecule has 0 bridgehead atoms. The SMILES string of the molecule is CC/C=C\C/C=C\C/C=C\C/C=C\C/C=C\C/C=C\C/C=C\C/C=C\C/C=C\C/C=C\C/C=C\C/C=C\CCCCCCC(=O)OC(CO)COC(=O)CCCCCCCCCCCCCCCCCCCCCCCCCCCCCCCCCCCCCC. The Labute approximate surface area is 565 Å². The molecule has 0 aromatic carbocycles. The van der Waals surface area contributed by atoms with Crippen LogP contribution in [0.1, 0.15) is 367 Å². The lowest BCUT2D eigenvalue weighted by Gasteiger charge is -2.15. The van der Waals surface area contributed by atoms with Crippen molar-refractivity contribution in [2.45, 2.75) is 373 Å². The lowest BCUT2D eigenvalue weighted by atomic mass is 10.0. The van der Waals surface area contributed by atoms with E-state index in [1.54, 1.807) is 0 Å². The molecule has 0 fully saturated rings. The minimum absolute atomic E-state index is 0.0809. The molecule has 0 aliphatic carbocycles. The Morgan fingerprint density at radius 3 is 0.714 bits per heavy atom. The molecule has 5 heteroatoms. The van der Waals surface area contributed by atoms with Crippen LogP contribution < -0.4 is 0 Å². The smallest absolute Gasteiger partial charge is 0.306 e. The van der Waals surface area contributed by atoms with Gasteiger partial charge in [-0.25, -0.2) is 0 Å². The number of rotatable bonds is 71. The summed E-state index contributed by atoms with van der Waals surface area (Å²) in [6, 6.07) is 0. The van der Waals surface area contributed by atoms with Gasteiger partial charge >= 0.3 is 11.9 Å². The molecule has 0 saturated carbocycles. The predicted octanol–water partition coefficient (Wildman–Crippen LogP) is 27.6. The van der Waals surface area contributed by atoms with Gasteiger partial charge in [0, 0.05) is 12.8 Å². The number of unbranched alkanes of at least 4 members (excludes halogenated alkanes) is 39. The molecule has 0 spiro atoms. The van der Waals surface area contributed by atoms with E-state index in [4.69, 9.17) is 9.47 Å². The molecule has 0 aromatic heterocycles. The monoisotopic (exact) mass is 1260 g/mol. The number of carbonyl (C=O) groups excluding carboxylic acids is 2. The highest BCUT2D eigenvalue weighted by Gasteiger charge is 2.16. The van der Waals surface area contributed by atoms with E-state index in [1.165, 1.54) is 212 Å². The maximum atomic E-state index is 12.4. The molecule has 91 heavy (non-hydrogen) atoms. The van der Waals surface area contributed by atoms with Gasteiger partial charge in [-0.05, 0) is 103 Å². The van der Waals surface area contributed by atoms with Gasteiger partial charge in [-0.1, -0.05) is 397 Å². The molecule has 0 aromatic rings. The molecule has 0 amide bonds. The summed E-state index contributed by atoms with van der Waals surface area (Å²) in [5, 5.41) is 9.72. The zero-order valence-corrected chi connectivity index (χ0v) is 59.8. The molecule has 1 unspecified atom stereocenters. The summed E-state index contributed by atoms with van der Waals surface area (Å²) in [7, 11) is 0. The molecule has 0 rings (SSSR count). The Hall–Kier alpha value is -4.22.